The highest BCUT2D eigenvalue weighted by atomic mass is 16.2. The van der Waals surface area contributed by atoms with Crippen LogP contribution in [0.5, 0.6) is 0 Å². The Hall–Kier alpha value is -1.88. The molecule has 26 heavy (non-hydrogen) atoms. The van der Waals surface area contributed by atoms with Gasteiger partial charge in [-0.25, -0.2) is 0 Å². The van der Waals surface area contributed by atoms with Crippen LogP contribution in [-0.4, -0.2) is 42.9 Å². The minimum absolute atomic E-state index is 0.0260. The second-order valence-electron chi connectivity index (χ2n) is 8.17. The fourth-order valence-corrected chi connectivity index (χ4v) is 3.08. The van der Waals surface area contributed by atoms with E-state index in [1.807, 2.05) is 49.9 Å². The van der Waals surface area contributed by atoms with Crippen LogP contribution in [0.4, 0.5) is 0 Å². The van der Waals surface area contributed by atoms with Crippen LogP contribution < -0.4 is 10.6 Å². The third-order valence-electron chi connectivity index (χ3n) is 4.92. The topological polar surface area (TPSA) is 61.4 Å². The van der Waals surface area contributed by atoms with E-state index in [0.29, 0.717) is 12.5 Å². The molecule has 0 atom stereocenters. The molecular weight excluding hydrogens is 326 g/mol. The molecule has 0 unspecified atom stereocenters. The first-order valence-electron chi connectivity index (χ1n) is 9.68. The molecule has 0 radical (unpaired) electrons. The number of carbonyl (C=O) groups excluding carboxylic acids is 2. The van der Waals surface area contributed by atoms with Crippen LogP contribution in [0.1, 0.15) is 56.5 Å². The molecule has 1 aliphatic heterocycles. The number of piperidine rings is 1. The Morgan fingerprint density at radius 2 is 1.73 bits per heavy atom. The number of nitrogens with zero attached hydrogens (tertiary/aromatic N) is 1. The molecule has 5 heteroatoms. The maximum atomic E-state index is 12.7. The largest absolute Gasteiger partial charge is 0.352 e. The number of rotatable bonds is 6. The van der Waals surface area contributed by atoms with Crippen LogP contribution in [0.3, 0.4) is 0 Å². The molecule has 1 aromatic carbocycles. The van der Waals surface area contributed by atoms with Crippen molar-refractivity contribution in [3.05, 3.63) is 35.4 Å². The Morgan fingerprint density at radius 3 is 2.27 bits per heavy atom. The van der Waals surface area contributed by atoms with Crippen molar-refractivity contribution >= 4 is 11.8 Å². The zero-order chi connectivity index (χ0) is 19.2. The summed E-state index contributed by atoms with van der Waals surface area (Å²) in [6, 6.07) is 7.58. The van der Waals surface area contributed by atoms with Gasteiger partial charge in [0.05, 0.1) is 0 Å². The highest BCUT2D eigenvalue weighted by molar-refractivity contribution is 5.94. The summed E-state index contributed by atoms with van der Waals surface area (Å²) in [7, 11) is 0. The van der Waals surface area contributed by atoms with Gasteiger partial charge in [-0.1, -0.05) is 39.8 Å². The maximum absolute atomic E-state index is 12.7. The lowest BCUT2D eigenvalue weighted by Crippen LogP contribution is -2.40. The van der Waals surface area contributed by atoms with E-state index in [1.54, 1.807) is 0 Å². The van der Waals surface area contributed by atoms with Gasteiger partial charge in [0.25, 0.3) is 5.91 Å². The monoisotopic (exact) mass is 359 g/mol. The van der Waals surface area contributed by atoms with Gasteiger partial charge < -0.3 is 15.5 Å². The van der Waals surface area contributed by atoms with E-state index in [-0.39, 0.29) is 11.8 Å². The summed E-state index contributed by atoms with van der Waals surface area (Å²) in [5, 5.41) is 6.33. The minimum Gasteiger partial charge on any atom is -0.352 e. The van der Waals surface area contributed by atoms with Crippen LogP contribution >= 0.6 is 0 Å². The predicted molar refractivity (Wildman–Crippen MR) is 105 cm³/mol. The van der Waals surface area contributed by atoms with E-state index in [2.05, 4.69) is 17.6 Å². The molecule has 1 heterocycles. The van der Waals surface area contributed by atoms with Crippen LogP contribution in [0.15, 0.2) is 24.3 Å². The van der Waals surface area contributed by atoms with Crippen molar-refractivity contribution in [2.45, 2.75) is 47.1 Å². The van der Waals surface area contributed by atoms with Crippen LogP contribution in [0.25, 0.3) is 0 Å². The zero-order valence-electron chi connectivity index (χ0n) is 16.6. The lowest BCUT2D eigenvalue weighted by molar-refractivity contribution is -0.128. The average molecular weight is 360 g/mol. The normalized spacial score (nSPS) is 15.8. The summed E-state index contributed by atoms with van der Waals surface area (Å²) in [6.07, 6.45) is 2.13. The van der Waals surface area contributed by atoms with E-state index >= 15 is 0 Å². The van der Waals surface area contributed by atoms with Gasteiger partial charge in [0.2, 0.25) is 5.91 Å². The van der Waals surface area contributed by atoms with Crippen molar-refractivity contribution in [2.75, 3.05) is 26.2 Å². The van der Waals surface area contributed by atoms with Crippen LogP contribution in [0, 0.1) is 11.3 Å². The van der Waals surface area contributed by atoms with Crippen molar-refractivity contribution in [1.82, 2.24) is 15.5 Å². The second-order valence-corrected chi connectivity index (χ2v) is 8.17. The first kappa shape index (κ1) is 20.4. The molecule has 0 bridgehead atoms. The molecule has 5 nitrogen and oxygen atoms in total. The van der Waals surface area contributed by atoms with Gasteiger partial charge in [-0.15, -0.1) is 0 Å². The van der Waals surface area contributed by atoms with Gasteiger partial charge in [-0.05, 0) is 49.5 Å². The Labute approximate surface area is 157 Å². The fraction of sp³-hybridized carbons (Fsp3) is 0.619. The Balaban J connectivity index is 1.84. The van der Waals surface area contributed by atoms with Gasteiger partial charge in [0.1, 0.15) is 0 Å². The first-order valence-corrected chi connectivity index (χ1v) is 9.68. The van der Waals surface area contributed by atoms with Gasteiger partial charge >= 0.3 is 0 Å². The molecule has 1 aromatic rings. The summed E-state index contributed by atoms with van der Waals surface area (Å²) in [5.41, 5.74) is 1.33. The molecule has 0 spiro atoms. The third kappa shape index (κ3) is 5.84. The summed E-state index contributed by atoms with van der Waals surface area (Å²) in [4.78, 5) is 26.6. The Morgan fingerprint density at radius 1 is 1.12 bits per heavy atom. The predicted octanol–water partition coefficient (Wildman–Crippen LogP) is 2.81. The molecule has 2 N–H and O–H groups in total. The number of carbonyl (C=O) groups is 2. The van der Waals surface area contributed by atoms with Crippen molar-refractivity contribution in [3.8, 4) is 0 Å². The zero-order valence-corrected chi connectivity index (χ0v) is 16.6. The van der Waals surface area contributed by atoms with E-state index in [1.165, 1.54) is 0 Å². The van der Waals surface area contributed by atoms with Crippen molar-refractivity contribution in [3.63, 3.8) is 0 Å². The second kappa shape index (κ2) is 9.17. The van der Waals surface area contributed by atoms with Gasteiger partial charge in [0, 0.05) is 30.6 Å². The quantitative estimate of drug-likeness (QED) is 0.821. The van der Waals surface area contributed by atoms with Gasteiger partial charge in [0.15, 0.2) is 0 Å². The van der Waals surface area contributed by atoms with E-state index in [9.17, 15) is 9.59 Å². The molecule has 2 amide bonds. The molecular formula is C21H33N3O2. The molecule has 144 valence electrons. The van der Waals surface area contributed by atoms with Gasteiger partial charge in [-0.2, -0.15) is 0 Å². The number of benzene rings is 1. The lowest BCUT2D eigenvalue weighted by Gasteiger charge is -2.32. The summed E-state index contributed by atoms with van der Waals surface area (Å²) < 4.78 is 0. The first-order chi connectivity index (χ1) is 12.3. The highest BCUT2D eigenvalue weighted by Gasteiger charge is 2.23. The SMILES string of the molecule is CCNCC1CCN(C(=O)c2ccc(CNC(=O)C(C)(C)C)cc2)CC1. The smallest absolute Gasteiger partial charge is 0.253 e. The standard InChI is InChI=1S/C21H33N3O2/c1-5-22-14-17-10-12-24(13-11-17)19(25)18-8-6-16(7-9-18)15-23-20(26)21(2,3)4/h6-9,17,22H,5,10-15H2,1-4H3,(H,23,26). The number of hydrogen-bond donors (Lipinski definition) is 2. The van der Waals surface area contributed by atoms with Crippen molar-refractivity contribution < 1.29 is 9.59 Å². The third-order valence-corrected chi connectivity index (χ3v) is 4.92. The summed E-state index contributed by atoms with van der Waals surface area (Å²) in [6.45, 7) is 12.0. The fourth-order valence-electron chi connectivity index (χ4n) is 3.08. The average Bonchev–Trinajstić information content (AvgIpc) is 2.64. The molecule has 0 saturated carbocycles. The molecule has 0 aliphatic carbocycles. The van der Waals surface area contributed by atoms with Crippen LogP contribution in [0.2, 0.25) is 0 Å². The molecule has 1 aliphatic rings. The minimum atomic E-state index is -0.394. The number of nitrogens with one attached hydrogen (secondary N) is 2. The number of likely N-dealkylation sites (tertiary alicyclic amines) is 1. The van der Waals surface area contributed by atoms with E-state index in [0.717, 1.165) is 50.1 Å². The molecule has 1 saturated heterocycles. The molecule has 1 fully saturated rings. The summed E-state index contributed by atoms with van der Waals surface area (Å²) >= 11 is 0. The van der Waals surface area contributed by atoms with E-state index < -0.39 is 5.41 Å². The molecule has 0 aromatic heterocycles. The number of hydrogen-bond acceptors (Lipinski definition) is 3. The maximum Gasteiger partial charge on any atom is 0.253 e. The van der Waals surface area contributed by atoms with Crippen molar-refractivity contribution in [2.24, 2.45) is 11.3 Å². The summed E-state index contributed by atoms with van der Waals surface area (Å²) in [5.74, 6) is 0.808. The molecule has 2 rings (SSSR count). The highest BCUT2D eigenvalue weighted by Crippen LogP contribution is 2.19. The number of amides is 2. The van der Waals surface area contributed by atoms with Gasteiger partial charge in [-0.3, -0.25) is 9.59 Å². The van der Waals surface area contributed by atoms with E-state index in [4.69, 9.17) is 0 Å². The van der Waals surface area contributed by atoms with Crippen LogP contribution in [-0.2, 0) is 11.3 Å². The lowest BCUT2D eigenvalue weighted by atomic mass is 9.95. The Kier molecular flexibility index (Phi) is 7.21. The Bertz CT molecular complexity index is 597. The van der Waals surface area contributed by atoms with Crippen molar-refractivity contribution in [1.29, 1.82) is 0 Å².